The lowest BCUT2D eigenvalue weighted by Gasteiger charge is -2.13. The number of aromatic hydroxyl groups is 1. The van der Waals surface area contributed by atoms with Crippen LogP contribution in [0.5, 0.6) is 5.75 Å². The minimum Gasteiger partial charge on any atom is -0.506 e. The number of hydrogen-bond acceptors (Lipinski definition) is 2. The molecule has 2 rings (SSSR count). The van der Waals surface area contributed by atoms with Gasteiger partial charge in [-0.15, -0.1) is 0 Å². The minimum atomic E-state index is -4.81. The molecule has 0 unspecified atom stereocenters. The van der Waals surface area contributed by atoms with Gasteiger partial charge in [-0.05, 0) is 24.3 Å². The summed E-state index contributed by atoms with van der Waals surface area (Å²) < 4.78 is 38.2. The number of rotatable bonds is 2. The maximum atomic E-state index is 12.7. The quantitative estimate of drug-likeness (QED) is 0.867. The molecule has 110 valence electrons. The van der Waals surface area contributed by atoms with Gasteiger partial charge in [-0.1, -0.05) is 29.8 Å². The van der Waals surface area contributed by atoms with E-state index in [-0.39, 0.29) is 5.02 Å². The van der Waals surface area contributed by atoms with Crippen LogP contribution >= 0.6 is 11.6 Å². The number of amides is 1. The Morgan fingerprint density at radius 1 is 1.14 bits per heavy atom. The number of hydrogen-bond donors (Lipinski definition) is 2. The molecule has 1 amide bonds. The van der Waals surface area contributed by atoms with E-state index in [2.05, 4.69) is 5.32 Å². The van der Waals surface area contributed by atoms with Crippen molar-refractivity contribution >= 4 is 23.2 Å². The number of anilines is 1. The number of para-hydroxylation sites is 1. The van der Waals surface area contributed by atoms with Crippen molar-refractivity contribution in [2.24, 2.45) is 0 Å². The molecule has 0 aliphatic carbocycles. The Labute approximate surface area is 123 Å². The number of carbonyl (C=O) groups is 1. The van der Waals surface area contributed by atoms with Gasteiger partial charge in [0.25, 0.3) is 5.91 Å². The fourth-order valence-corrected chi connectivity index (χ4v) is 1.93. The first kappa shape index (κ1) is 15.2. The van der Waals surface area contributed by atoms with Crippen molar-refractivity contribution in [2.45, 2.75) is 6.18 Å². The summed E-state index contributed by atoms with van der Waals surface area (Å²) in [5.41, 5.74) is -1.51. The summed E-state index contributed by atoms with van der Waals surface area (Å²) in [6.45, 7) is 0. The van der Waals surface area contributed by atoms with Crippen LogP contribution < -0.4 is 5.32 Å². The van der Waals surface area contributed by atoms with Crippen LogP contribution in [0, 0.1) is 0 Å². The van der Waals surface area contributed by atoms with E-state index >= 15 is 0 Å². The van der Waals surface area contributed by atoms with Crippen LogP contribution in [0.15, 0.2) is 42.5 Å². The average Bonchev–Trinajstić information content (AvgIpc) is 2.40. The monoisotopic (exact) mass is 315 g/mol. The highest BCUT2D eigenvalue weighted by Crippen LogP contribution is 2.39. The number of carbonyl (C=O) groups excluding carboxylic acids is 1. The lowest BCUT2D eigenvalue weighted by molar-refractivity contribution is -0.138. The van der Waals surface area contributed by atoms with Gasteiger partial charge in [0.15, 0.2) is 0 Å². The molecule has 0 saturated heterocycles. The molecular weight excluding hydrogens is 307 g/mol. The van der Waals surface area contributed by atoms with Crippen LogP contribution in [0.4, 0.5) is 18.9 Å². The van der Waals surface area contributed by atoms with E-state index < -0.39 is 29.0 Å². The molecule has 0 heterocycles. The summed E-state index contributed by atoms with van der Waals surface area (Å²) in [6, 6.07) is 9.67. The first-order valence-electron chi connectivity index (χ1n) is 5.75. The Balaban J connectivity index is 2.40. The van der Waals surface area contributed by atoms with Gasteiger partial charge < -0.3 is 10.4 Å². The Hall–Kier alpha value is -2.21. The van der Waals surface area contributed by atoms with Crippen molar-refractivity contribution in [1.82, 2.24) is 0 Å². The second-order valence-corrected chi connectivity index (χ2v) is 4.60. The van der Waals surface area contributed by atoms with Gasteiger partial charge in [0.1, 0.15) is 5.75 Å². The molecule has 0 aromatic heterocycles. The molecule has 0 atom stereocenters. The van der Waals surface area contributed by atoms with E-state index in [1.165, 1.54) is 0 Å². The smallest absolute Gasteiger partial charge is 0.420 e. The predicted molar refractivity (Wildman–Crippen MR) is 72.5 cm³/mol. The zero-order valence-electron chi connectivity index (χ0n) is 10.4. The predicted octanol–water partition coefficient (Wildman–Crippen LogP) is 4.32. The molecule has 7 heteroatoms. The van der Waals surface area contributed by atoms with Gasteiger partial charge in [-0.3, -0.25) is 4.79 Å². The number of benzene rings is 2. The van der Waals surface area contributed by atoms with E-state index in [9.17, 15) is 23.1 Å². The molecule has 21 heavy (non-hydrogen) atoms. The topological polar surface area (TPSA) is 49.3 Å². The third kappa shape index (κ3) is 3.46. The SMILES string of the molecule is O=C(Nc1ccccc1)c1cc(Cl)cc(C(F)(F)F)c1O. The van der Waals surface area contributed by atoms with E-state index in [1.54, 1.807) is 30.3 Å². The highest BCUT2D eigenvalue weighted by molar-refractivity contribution is 6.31. The second-order valence-electron chi connectivity index (χ2n) is 4.17. The third-order valence-electron chi connectivity index (χ3n) is 2.66. The molecule has 0 aliphatic rings. The number of nitrogens with one attached hydrogen (secondary N) is 1. The summed E-state index contributed by atoms with van der Waals surface area (Å²) in [6.07, 6.45) is -4.81. The van der Waals surface area contributed by atoms with Crippen LogP contribution in [0.2, 0.25) is 5.02 Å². The van der Waals surface area contributed by atoms with Crippen LogP contribution in [0.25, 0.3) is 0 Å². The normalized spacial score (nSPS) is 11.2. The number of halogens is 4. The van der Waals surface area contributed by atoms with Crippen LogP contribution in [0.1, 0.15) is 15.9 Å². The van der Waals surface area contributed by atoms with E-state index in [0.29, 0.717) is 11.8 Å². The van der Waals surface area contributed by atoms with Crippen molar-refractivity contribution in [3.05, 3.63) is 58.6 Å². The standard InChI is InChI=1S/C14H9ClF3NO2/c15-8-6-10(12(20)11(7-8)14(16,17)18)13(21)19-9-4-2-1-3-5-9/h1-7,20H,(H,19,21). The van der Waals surface area contributed by atoms with Crippen molar-refractivity contribution in [3.63, 3.8) is 0 Å². The maximum absolute atomic E-state index is 12.7. The first-order chi connectivity index (χ1) is 9.79. The molecule has 0 spiro atoms. The second kappa shape index (κ2) is 5.65. The molecule has 2 aromatic carbocycles. The Kier molecular flexibility index (Phi) is 4.09. The molecule has 2 aromatic rings. The van der Waals surface area contributed by atoms with Crippen molar-refractivity contribution < 1.29 is 23.1 Å². The number of phenols is 1. The van der Waals surface area contributed by atoms with Gasteiger partial charge in [0, 0.05) is 10.7 Å². The summed E-state index contributed by atoms with van der Waals surface area (Å²) in [5, 5.41) is 11.7. The zero-order chi connectivity index (χ0) is 15.6. The molecule has 0 saturated carbocycles. The summed E-state index contributed by atoms with van der Waals surface area (Å²) >= 11 is 5.58. The van der Waals surface area contributed by atoms with Crippen LogP contribution in [-0.4, -0.2) is 11.0 Å². The van der Waals surface area contributed by atoms with Gasteiger partial charge in [0.05, 0.1) is 11.1 Å². The molecule has 2 N–H and O–H groups in total. The van der Waals surface area contributed by atoms with Crippen molar-refractivity contribution in [3.8, 4) is 5.75 Å². The van der Waals surface area contributed by atoms with E-state index in [1.807, 2.05) is 0 Å². The fraction of sp³-hybridized carbons (Fsp3) is 0.0714. The van der Waals surface area contributed by atoms with E-state index in [4.69, 9.17) is 11.6 Å². The Bertz CT molecular complexity index is 672. The summed E-state index contributed by atoms with van der Waals surface area (Å²) in [4.78, 5) is 12.0. The molecule has 0 fully saturated rings. The number of alkyl halides is 3. The van der Waals surface area contributed by atoms with Gasteiger partial charge in [-0.2, -0.15) is 13.2 Å². The summed E-state index contributed by atoms with van der Waals surface area (Å²) in [7, 11) is 0. The maximum Gasteiger partial charge on any atom is 0.420 e. The van der Waals surface area contributed by atoms with Gasteiger partial charge >= 0.3 is 6.18 Å². The van der Waals surface area contributed by atoms with Gasteiger partial charge in [-0.25, -0.2) is 0 Å². The largest absolute Gasteiger partial charge is 0.506 e. The number of phenolic OH excluding ortho intramolecular Hbond substituents is 1. The minimum absolute atomic E-state index is 0.293. The molecular formula is C14H9ClF3NO2. The van der Waals surface area contributed by atoms with Crippen LogP contribution in [-0.2, 0) is 6.18 Å². The van der Waals surface area contributed by atoms with Gasteiger partial charge in [0.2, 0.25) is 0 Å². The average molecular weight is 316 g/mol. The molecule has 0 radical (unpaired) electrons. The third-order valence-corrected chi connectivity index (χ3v) is 2.87. The van der Waals surface area contributed by atoms with E-state index in [0.717, 1.165) is 6.07 Å². The highest BCUT2D eigenvalue weighted by Gasteiger charge is 2.36. The molecule has 3 nitrogen and oxygen atoms in total. The zero-order valence-corrected chi connectivity index (χ0v) is 11.2. The lowest BCUT2D eigenvalue weighted by atomic mass is 10.1. The first-order valence-corrected chi connectivity index (χ1v) is 6.13. The Morgan fingerprint density at radius 3 is 2.33 bits per heavy atom. The van der Waals surface area contributed by atoms with Crippen LogP contribution in [0.3, 0.4) is 0 Å². The molecule has 0 aliphatic heterocycles. The van der Waals surface area contributed by atoms with Crippen molar-refractivity contribution in [2.75, 3.05) is 5.32 Å². The summed E-state index contributed by atoms with van der Waals surface area (Å²) in [5.74, 6) is -2.04. The highest BCUT2D eigenvalue weighted by atomic mass is 35.5. The lowest BCUT2D eigenvalue weighted by Crippen LogP contribution is -2.14. The fourth-order valence-electron chi connectivity index (χ4n) is 1.71. The van der Waals surface area contributed by atoms with Crippen molar-refractivity contribution in [1.29, 1.82) is 0 Å². The molecule has 0 bridgehead atoms. The Morgan fingerprint density at radius 2 is 1.76 bits per heavy atom.